The number of aliphatic hydroxyl groups is 1. The van der Waals surface area contributed by atoms with Crippen LogP contribution >= 0.6 is 0 Å². The van der Waals surface area contributed by atoms with Crippen molar-refractivity contribution in [2.24, 2.45) is 0 Å². The largest absolute Gasteiger partial charge is 0.395 e. The summed E-state index contributed by atoms with van der Waals surface area (Å²) in [4.78, 5) is 1.80. The van der Waals surface area contributed by atoms with Crippen molar-refractivity contribution >= 4 is 10.1 Å². The maximum absolute atomic E-state index is 10.3. The van der Waals surface area contributed by atoms with Crippen LogP contribution in [0.2, 0.25) is 0 Å². The summed E-state index contributed by atoms with van der Waals surface area (Å²) < 4.78 is 28.9. The molecule has 0 aromatic heterocycles. The zero-order valence-electron chi connectivity index (χ0n) is 7.10. The summed E-state index contributed by atoms with van der Waals surface area (Å²) in [6.45, 7) is 1.13. The second kappa shape index (κ2) is 5.47. The Morgan fingerprint density at radius 1 is 1.33 bits per heavy atom. The van der Waals surface area contributed by atoms with E-state index in [1.165, 1.54) is 0 Å². The summed E-state index contributed by atoms with van der Waals surface area (Å²) in [5.41, 5.74) is 0. The van der Waals surface area contributed by atoms with Gasteiger partial charge in [-0.25, -0.2) is 0 Å². The van der Waals surface area contributed by atoms with E-state index < -0.39 is 10.1 Å². The maximum Gasteiger partial charge on any atom is 0.264 e. The number of hydrogen-bond acceptors (Lipinski definition) is 4. The van der Waals surface area contributed by atoms with E-state index in [-0.39, 0.29) is 12.4 Å². The summed E-state index contributed by atoms with van der Waals surface area (Å²) in [6, 6.07) is 0. The predicted octanol–water partition coefficient (Wildman–Crippen LogP) is -0.812. The van der Waals surface area contributed by atoms with E-state index in [0.29, 0.717) is 19.5 Å². The minimum absolute atomic E-state index is 0.0579. The highest BCUT2D eigenvalue weighted by Gasteiger charge is 2.04. The summed E-state index contributed by atoms with van der Waals surface area (Å²) in [7, 11) is -2.05. The highest BCUT2D eigenvalue weighted by molar-refractivity contribution is 7.85. The van der Waals surface area contributed by atoms with Crippen LogP contribution < -0.4 is 0 Å². The molecule has 2 N–H and O–H groups in total. The van der Waals surface area contributed by atoms with Crippen LogP contribution in [-0.2, 0) is 10.1 Å². The van der Waals surface area contributed by atoms with E-state index >= 15 is 0 Å². The van der Waals surface area contributed by atoms with Crippen LogP contribution in [0.3, 0.4) is 0 Å². The van der Waals surface area contributed by atoms with Crippen LogP contribution in [0.25, 0.3) is 0 Å². The molecule has 0 spiro atoms. The normalized spacial score (nSPS) is 12.3. The maximum atomic E-state index is 10.3. The Bertz CT molecular complexity index is 202. The average Bonchev–Trinajstić information content (AvgIpc) is 1.84. The minimum Gasteiger partial charge on any atom is -0.395 e. The SMILES string of the molecule is CN(CCO)CCCS(=O)(=O)O. The fraction of sp³-hybridized carbons (Fsp3) is 1.00. The van der Waals surface area contributed by atoms with Crippen LogP contribution in [0.15, 0.2) is 0 Å². The lowest BCUT2D eigenvalue weighted by molar-refractivity contribution is 0.222. The molecule has 0 saturated carbocycles. The Kier molecular flexibility index (Phi) is 5.39. The first kappa shape index (κ1) is 11.8. The van der Waals surface area contributed by atoms with Gasteiger partial charge in [-0.2, -0.15) is 8.42 Å². The van der Waals surface area contributed by atoms with Crippen molar-refractivity contribution in [3.8, 4) is 0 Å². The Labute approximate surface area is 72.7 Å². The summed E-state index contributed by atoms with van der Waals surface area (Å²) in [6.07, 6.45) is 0.384. The van der Waals surface area contributed by atoms with E-state index in [0.717, 1.165) is 0 Å². The Balaban J connectivity index is 3.44. The molecule has 0 atom stereocenters. The first-order valence-corrected chi connectivity index (χ1v) is 5.31. The fourth-order valence-electron chi connectivity index (χ4n) is 0.799. The van der Waals surface area contributed by atoms with Crippen LogP contribution in [-0.4, -0.2) is 55.5 Å². The number of nitrogens with zero attached hydrogens (tertiary/aromatic N) is 1. The first-order valence-electron chi connectivity index (χ1n) is 3.70. The lowest BCUT2D eigenvalue weighted by Crippen LogP contribution is -2.24. The molecule has 0 aromatic carbocycles. The van der Waals surface area contributed by atoms with E-state index in [9.17, 15) is 8.42 Å². The van der Waals surface area contributed by atoms with Crippen LogP contribution in [0.1, 0.15) is 6.42 Å². The van der Waals surface area contributed by atoms with Gasteiger partial charge in [-0.15, -0.1) is 0 Å². The first-order chi connectivity index (χ1) is 5.45. The molecule has 0 aromatic rings. The molecular weight excluding hydrogens is 182 g/mol. The fourth-order valence-corrected chi connectivity index (χ4v) is 1.29. The van der Waals surface area contributed by atoms with Gasteiger partial charge >= 0.3 is 0 Å². The van der Waals surface area contributed by atoms with Gasteiger partial charge in [0.05, 0.1) is 12.4 Å². The minimum atomic E-state index is -3.82. The third-order valence-corrected chi connectivity index (χ3v) is 2.23. The topological polar surface area (TPSA) is 77.8 Å². The van der Waals surface area contributed by atoms with E-state index in [4.69, 9.17) is 9.66 Å². The molecular formula is C6H15NO4S. The van der Waals surface area contributed by atoms with Gasteiger partial charge < -0.3 is 10.0 Å². The van der Waals surface area contributed by atoms with Crippen molar-refractivity contribution in [1.29, 1.82) is 0 Å². The molecule has 0 aliphatic carbocycles. The summed E-state index contributed by atoms with van der Waals surface area (Å²) in [5, 5.41) is 8.49. The predicted molar refractivity (Wildman–Crippen MR) is 45.6 cm³/mol. The van der Waals surface area contributed by atoms with E-state index in [2.05, 4.69) is 0 Å². The van der Waals surface area contributed by atoms with Crippen molar-refractivity contribution in [1.82, 2.24) is 4.90 Å². The van der Waals surface area contributed by atoms with Gasteiger partial charge in [-0.05, 0) is 20.0 Å². The van der Waals surface area contributed by atoms with E-state index in [1.54, 1.807) is 11.9 Å². The zero-order valence-corrected chi connectivity index (χ0v) is 7.92. The number of likely N-dealkylation sites (N-methyl/N-ethyl adjacent to an activating group) is 1. The molecule has 0 fully saturated rings. The van der Waals surface area contributed by atoms with Crippen molar-refractivity contribution < 1.29 is 18.1 Å². The zero-order chi connectivity index (χ0) is 9.61. The number of hydrogen-bond donors (Lipinski definition) is 2. The second-order valence-corrected chi connectivity index (χ2v) is 4.24. The second-order valence-electron chi connectivity index (χ2n) is 2.67. The van der Waals surface area contributed by atoms with Crippen LogP contribution in [0, 0.1) is 0 Å². The smallest absolute Gasteiger partial charge is 0.264 e. The molecule has 0 aliphatic heterocycles. The lowest BCUT2D eigenvalue weighted by atomic mass is 10.4. The van der Waals surface area contributed by atoms with Crippen molar-refractivity contribution in [2.45, 2.75) is 6.42 Å². The van der Waals surface area contributed by atoms with Gasteiger partial charge in [0.1, 0.15) is 0 Å². The molecule has 12 heavy (non-hydrogen) atoms. The molecule has 0 rings (SSSR count). The molecule has 0 radical (unpaired) electrons. The molecule has 6 heteroatoms. The molecule has 5 nitrogen and oxygen atoms in total. The molecule has 0 saturated heterocycles. The Hall–Kier alpha value is -0.170. The Morgan fingerprint density at radius 2 is 1.92 bits per heavy atom. The summed E-state index contributed by atoms with van der Waals surface area (Å²) in [5.74, 6) is -0.219. The Morgan fingerprint density at radius 3 is 2.33 bits per heavy atom. The average molecular weight is 197 g/mol. The highest BCUT2D eigenvalue weighted by atomic mass is 32.2. The van der Waals surface area contributed by atoms with Gasteiger partial charge in [-0.1, -0.05) is 0 Å². The number of aliphatic hydroxyl groups excluding tert-OH is 1. The molecule has 0 heterocycles. The monoisotopic (exact) mass is 197 g/mol. The van der Waals surface area contributed by atoms with Gasteiger partial charge in [0.15, 0.2) is 0 Å². The standard InChI is InChI=1S/C6H15NO4S/c1-7(4-5-8)3-2-6-12(9,10)11/h8H,2-6H2,1H3,(H,9,10,11). The highest BCUT2D eigenvalue weighted by Crippen LogP contribution is 1.91. The quantitative estimate of drug-likeness (QED) is 0.544. The van der Waals surface area contributed by atoms with Crippen molar-refractivity contribution in [3.63, 3.8) is 0 Å². The van der Waals surface area contributed by atoms with Gasteiger partial charge in [0.25, 0.3) is 10.1 Å². The third kappa shape index (κ3) is 7.93. The van der Waals surface area contributed by atoms with Gasteiger partial charge in [0.2, 0.25) is 0 Å². The molecule has 0 bridgehead atoms. The van der Waals surface area contributed by atoms with Crippen molar-refractivity contribution in [3.05, 3.63) is 0 Å². The molecule has 0 aliphatic rings. The van der Waals surface area contributed by atoms with Crippen LogP contribution in [0.5, 0.6) is 0 Å². The molecule has 74 valence electrons. The lowest BCUT2D eigenvalue weighted by Gasteiger charge is -2.13. The molecule has 0 unspecified atom stereocenters. The van der Waals surface area contributed by atoms with Crippen LogP contribution in [0.4, 0.5) is 0 Å². The van der Waals surface area contributed by atoms with Crippen molar-refractivity contribution in [2.75, 3.05) is 32.5 Å². The van der Waals surface area contributed by atoms with Gasteiger partial charge in [-0.3, -0.25) is 4.55 Å². The number of rotatable bonds is 6. The van der Waals surface area contributed by atoms with Gasteiger partial charge in [0, 0.05) is 6.54 Å². The molecule has 0 amide bonds. The van der Waals surface area contributed by atoms with E-state index in [1.807, 2.05) is 0 Å². The third-order valence-electron chi connectivity index (χ3n) is 1.42. The summed E-state index contributed by atoms with van der Waals surface area (Å²) >= 11 is 0.